The average molecular weight is 753 g/mol. The van der Waals surface area contributed by atoms with Gasteiger partial charge in [-0.15, -0.1) is 0 Å². The molecule has 0 bridgehead atoms. The van der Waals surface area contributed by atoms with Gasteiger partial charge >= 0.3 is 29.8 Å². The van der Waals surface area contributed by atoms with E-state index in [-0.39, 0.29) is 17.1 Å². The number of hydrogen-bond acceptors (Lipinski definition) is 19. The summed E-state index contributed by atoms with van der Waals surface area (Å²) in [4.78, 5) is 61.6. The standard InChI is InChI=1S/C34H40O19/c1-15(36)45-14-24-29(47-16(2)37)30(48-17(3)38)31(49-18(4)39)34(53-24)51-22-11-7-9-20(40)25(22)32(44)46-13-19-8-5-6-10-21(19)50-33-28(43)27(42)26(41)23(12-35)52-33/h5-11,23-24,26-31,33-35,40-43H,12-14H2,1-4H3. The molecule has 0 amide bonds. The van der Waals surface area contributed by atoms with E-state index in [1.165, 1.54) is 24.3 Å². The summed E-state index contributed by atoms with van der Waals surface area (Å²) >= 11 is 0. The predicted octanol–water partition coefficient (Wildman–Crippen LogP) is -0.610. The third-order valence-electron chi connectivity index (χ3n) is 7.82. The molecule has 290 valence electrons. The van der Waals surface area contributed by atoms with Gasteiger partial charge in [0.1, 0.15) is 66.5 Å². The Bertz CT molecular complexity index is 1630. The maximum Gasteiger partial charge on any atom is 0.346 e. The Labute approximate surface area is 301 Å². The van der Waals surface area contributed by atoms with Crippen LogP contribution in [-0.2, 0) is 58.9 Å². The van der Waals surface area contributed by atoms with E-state index in [1.54, 1.807) is 12.1 Å². The van der Waals surface area contributed by atoms with E-state index in [0.717, 1.165) is 33.8 Å². The van der Waals surface area contributed by atoms with Gasteiger partial charge < -0.3 is 68.2 Å². The number of hydrogen-bond donors (Lipinski definition) is 5. The smallest absolute Gasteiger partial charge is 0.346 e. The molecule has 19 nitrogen and oxygen atoms in total. The first-order valence-corrected chi connectivity index (χ1v) is 16.1. The SMILES string of the molecule is CC(=O)OCC1OC(Oc2cccc(O)c2C(=O)OCc2ccccc2OC2OC(CO)C(O)C(O)C2O)C(OC(C)=O)C(OC(C)=O)C1OC(C)=O. The van der Waals surface area contributed by atoms with Crippen LogP contribution in [0, 0.1) is 0 Å². The van der Waals surface area contributed by atoms with Crippen LogP contribution < -0.4 is 9.47 Å². The van der Waals surface area contributed by atoms with Crippen LogP contribution in [0.4, 0.5) is 0 Å². The second kappa shape index (κ2) is 18.1. The van der Waals surface area contributed by atoms with E-state index in [0.29, 0.717) is 0 Å². The Morgan fingerprint density at radius 3 is 1.87 bits per heavy atom. The van der Waals surface area contributed by atoms with Crippen LogP contribution in [0.15, 0.2) is 42.5 Å². The molecule has 0 spiro atoms. The van der Waals surface area contributed by atoms with Crippen molar-refractivity contribution >= 4 is 29.8 Å². The Balaban J connectivity index is 1.60. The van der Waals surface area contributed by atoms with E-state index >= 15 is 0 Å². The normalized spacial score (nSPS) is 28.2. The number of phenolic OH excluding ortho intramolecular Hbond substituents is 1. The lowest BCUT2D eigenvalue weighted by Gasteiger charge is -2.44. The highest BCUT2D eigenvalue weighted by Gasteiger charge is 2.53. The highest BCUT2D eigenvalue weighted by molar-refractivity contribution is 5.95. The largest absolute Gasteiger partial charge is 0.507 e. The molecule has 2 aromatic carbocycles. The molecule has 2 fully saturated rings. The quantitative estimate of drug-likeness (QED) is 0.126. The van der Waals surface area contributed by atoms with Crippen molar-refractivity contribution in [3.05, 3.63) is 53.6 Å². The highest BCUT2D eigenvalue weighted by Crippen LogP contribution is 2.35. The number of carbonyl (C=O) groups excluding carboxylic acids is 5. The third-order valence-corrected chi connectivity index (χ3v) is 7.82. The molecule has 5 N–H and O–H groups in total. The fourth-order valence-corrected chi connectivity index (χ4v) is 5.48. The highest BCUT2D eigenvalue weighted by atomic mass is 16.7. The average Bonchev–Trinajstić information content (AvgIpc) is 3.09. The fraction of sp³-hybridized carbons (Fsp3) is 0.500. The second-order valence-electron chi connectivity index (χ2n) is 11.8. The molecule has 2 saturated heterocycles. The molecule has 10 unspecified atom stereocenters. The molecule has 0 aromatic heterocycles. The zero-order valence-corrected chi connectivity index (χ0v) is 28.9. The summed E-state index contributed by atoms with van der Waals surface area (Å²) in [5.41, 5.74) is -0.317. The van der Waals surface area contributed by atoms with Crippen LogP contribution in [0.3, 0.4) is 0 Å². The first kappa shape index (κ1) is 40.7. The Morgan fingerprint density at radius 1 is 0.642 bits per heavy atom. The van der Waals surface area contributed by atoms with E-state index in [4.69, 9.17) is 42.6 Å². The molecule has 4 rings (SSSR count). The maximum absolute atomic E-state index is 13.5. The lowest BCUT2D eigenvalue weighted by atomic mass is 9.98. The number of rotatable bonds is 13. The summed E-state index contributed by atoms with van der Waals surface area (Å²) in [6.45, 7) is 2.50. The van der Waals surface area contributed by atoms with Gasteiger partial charge in [0.2, 0.25) is 18.7 Å². The number of carbonyl (C=O) groups is 5. The van der Waals surface area contributed by atoms with Crippen molar-refractivity contribution in [3.63, 3.8) is 0 Å². The van der Waals surface area contributed by atoms with Gasteiger partial charge in [-0.1, -0.05) is 24.3 Å². The topological polar surface area (TPSA) is 270 Å². The molecule has 10 atom stereocenters. The van der Waals surface area contributed by atoms with Crippen molar-refractivity contribution in [2.75, 3.05) is 13.2 Å². The van der Waals surface area contributed by atoms with Crippen LogP contribution in [0.25, 0.3) is 0 Å². The van der Waals surface area contributed by atoms with Crippen molar-refractivity contribution in [2.24, 2.45) is 0 Å². The van der Waals surface area contributed by atoms with E-state index < -0.39 is 122 Å². The molecule has 0 aliphatic carbocycles. The number of phenols is 1. The van der Waals surface area contributed by atoms with Crippen molar-refractivity contribution in [2.45, 2.75) is 95.7 Å². The molecule has 2 aliphatic heterocycles. The fourth-order valence-electron chi connectivity index (χ4n) is 5.48. The van der Waals surface area contributed by atoms with Crippen LogP contribution in [0.2, 0.25) is 0 Å². The number of esters is 5. The molecule has 0 radical (unpaired) electrons. The molecular weight excluding hydrogens is 712 g/mol. The number of para-hydroxylation sites is 1. The van der Waals surface area contributed by atoms with Gasteiger partial charge in [-0.05, 0) is 18.2 Å². The van der Waals surface area contributed by atoms with Gasteiger partial charge in [-0.3, -0.25) is 19.2 Å². The summed E-state index contributed by atoms with van der Waals surface area (Å²) in [7, 11) is 0. The van der Waals surface area contributed by atoms with Crippen molar-refractivity contribution < 1.29 is 92.1 Å². The first-order chi connectivity index (χ1) is 25.1. The second-order valence-corrected chi connectivity index (χ2v) is 11.8. The summed E-state index contributed by atoms with van der Waals surface area (Å²) in [5, 5.41) is 50.9. The van der Waals surface area contributed by atoms with Gasteiger partial charge in [-0.2, -0.15) is 0 Å². The molecule has 2 aromatic rings. The minimum Gasteiger partial charge on any atom is -0.507 e. The summed E-state index contributed by atoms with van der Waals surface area (Å²) in [6.07, 6.45) is -15.6. The minimum absolute atomic E-state index is 0.0240. The van der Waals surface area contributed by atoms with Gasteiger partial charge in [0.05, 0.1) is 6.61 Å². The first-order valence-electron chi connectivity index (χ1n) is 16.1. The minimum atomic E-state index is -1.74. The molecule has 53 heavy (non-hydrogen) atoms. The van der Waals surface area contributed by atoms with Crippen LogP contribution >= 0.6 is 0 Å². The van der Waals surface area contributed by atoms with E-state index in [2.05, 4.69) is 0 Å². The van der Waals surface area contributed by atoms with Crippen molar-refractivity contribution in [1.29, 1.82) is 0 Å². The van der Waals surface area contributed by atoms with Crippen molar-refractivity contribution in [3.8, 4) is 17.2 Å². The van der Waals surface area contributed by atoms with E-state index in [1.807, 2.05) is 0 Å². The molecule has 19 heteroatoms. The van der Waals surface area contributed by atoms with E-state index in [9.17, 15) is 49.5 Å². The molecule has 2 aliphatic rings. The molecule has 0 saturated carbocycles. The zero-order chi connectivity index (χ0) is 39.0. The lowest BCUT2D eigenvalue weighted by molar-refractivity contribution is -0.288. The monoisotopic (exact) mass is 752 g/mol. The van der Waals surface area contributed by atoms with Crippen molar-refractivity contribution in [1.82, 2.24) is 0 Å². The van der Waals surface area contributed by atoms with Gasteiger partial charge in [0.15, 0.2) is 12.2 Å². The molecular formula is C34H40O19. The molecule has 2 heterocycles. The summed E-state index contributed by atoms with van der Waals surface area (Å²) in [6, 6.07) is 9.73. The van der Waals surface area contributed by atoms with Gasteiger partial charge in [0.25, 0.3) is 0 Å². The third kappa shape index (κ3) is 10.3. The zero-order valence-electron chi connectivity index (χ0n) is 28.9. The maximum atomic E-state index is 13.5. The number of aliphatic hydroxyl groups excluding tert-OH is 4. The number of aliphatic hydroxyl groups is 4. The number of aromatic hydroxyl groups is 1. The summed E-state index contributed by atoms with van der Waals surface area (Å²) < 4.78 is 49.7. The Kier molecular flexibility index (Phi) is 13.9. The summed E-state index contributed by atoms with van der Waals surface area (Å²) in [5.74, 6) is -5.48. The number of ether oxygens (including phenoxy) is 9. The predicted molar refractivity (Wildman–Crippen MR) is 171 cm³/mol. The Hall–Kier alpha value is -5.05. The Morgan fingerprint density at radius 2 is 1.23 bits per heavy atom. The van der Waals surface area contributed by atoms with Crippen LogP contribution in [0.5, 0.6) is 17.2 Å². The van der Waals surface area contributed by atoms with Gasteiger partial charge in [-0.25, -0.2) is 4.79 Å². The lowest BCUT2D eigenvalue weighted by Crippen LogP contribution is -2.63. The number of benzene rings is 2. The van der Waals surface area contributed by atoms with Crippen LogP contribution in [0.1, 0.15) is 43.6 Å². The van der Waals surface area contributed by atoms with Gasteiger partial charge in [0, 0.05) is 33.3 Å². The van der Waals surface area contributed by atoms with Crippen LogP contribution in [-0.4, -0.2) is 130 Å².